The molecule has 0 atom stereocenters. The van der Waals surface area contributed by atoms with Gasteiger partial charge >= 0.3 is 0 Å². The predicted octanol–water partition coefficient (Wildman–Crippen LogP) is 4.17. The lowest BCUT2D eigenvalue weighted by molar-refractivity contribution is 0.445. The first-order valence-electron chi connectivity index (χ1n) is 5.59. The van der Waals surface area contributed by atoms with E-state index in [2.05, 4.69) is 40.1 Å². The van der Waals surface area contributed by atoms with E-state index in [1.165, 1.54) is 0 Å². The molecule has 3 nitrogen and oxygen atoms in total. The van der Waals surface area contributed by atoms with Gasteiger partial charge in [0.1, 0.15) is 5.76 Å². The molecule has 2 rings (SSSR count). The van der Waals surface area contributed by atoms with Crippen LogP contribution < -0.4 is 5.32 Å². The number of nitrogens with zero attached hydrogens (tertiary/aromatic N) is 1. The van der Waals surface area contributed by atoms with E-state index in [0.29, 0.717) is 12.5 Å². The number of nitrogens with one attached hydrogen (secondary N) is 1. The molecule has 2 aromatic rings. The van der Waals surface area contributed by atoms with Crippen LogP contribution in [0.4, 0.5) is 5.69 Å². The quantitative estimate of drug-likeness (QED) is 0.919. The highest BCUT2D eigenvalue weighted by atomic mass is 79.9. The van der Waals surface area contributed by atoms with Gasteiger partial charge in [-0.2, -0.15) is 0 Å². The molecule has 0 radical (unpaired) electrons. The molecule has 0 aliphatic rings. The van der Waals surface area contributed by atoms with Gasteiger partial charge in [-0.25, -0.2) is 4.98 Å². The second-order valence-electron chi connectivity index (χ2n) is 4.17. The Labute approximate surface area is 109 Å². The van der Waals surface area contributed by atoms with Crippen molar-refractivity contribution in [2.75, 3.05) is 5.32 Å². The molecule has 0 fully saturated rings. The Hall–Kier alpha value is -1.29. The van der Waals surface area contributed by atoms with E-state index in [-0.39, 0.29) is 0 Å². The van der Waals surface area contributed by atoms with Crippen molar-refractivity contribution in [3.05, 3.63) is 46.6 Å². The number of hydrogen-bond donors (Lipinski definition) is 1. The summed E-state index contributed by atoms with van der Waals surface area (Å²) in [6.07, 6.45) is 1.79. The maximum atomic E-state index is 5.61. The van der Waals surface area contributed by atoms with Gasteiger partial charge < -0.3 is 9.73 Å². The van der Waals surface area contributed by atoms with E-state index in [0.717, 1.165) is 21.8 Å². The molecule has 1 aromatic carbocycles. The standard InChI is InChI=1S/C13H15BrN2O/c1-9(2)12-7-16-13(17-12)8-15-11-5-3-10(14)4-6-11/h3-7,9,15H,8H2,1-2H3. The van der Waals surface area contributed by atoms with E-state index in [1.807, 2.05) is 24.3 Å². The second kappa shape index (κ2) is 5.36. The van der Waals surface area contributed by atoms with Gasteiger partial charge in [0.15, 0.2) is 0 Å². The Morgan fingerprint density at radius 3 is 2.59 bits per heavy atom. The molecule has 0 aliphatic carbocycles. The Kier molecular flexibility index (Phi) is 3.84. The third-order valence-electron chi connectivity index (χ3n) is 2.43. The molecular formula is C13H15BrN2O. The monoisotopic (exact) mass is 294 g/mol. The molecule has 1 heterocycles. The zero-order valence-electron chi connectivity index (χ0n) is 9.90. The first-order chi connectivity index (χ1) is 8.15. The zero-order chi connectivity index (χ0) is 12.3. The Bertz CT molecular complexity index is 476. The average molecular weight is 295 g/mol. The van der Waals surface area contributed by atoms with E-state index < -0.39 is 0 Å². The third-order valence-corrected chi connectivity index (χ3v) is 2.96. The summed E-state index contributed by atoms with van der Waals surface area (Å²) >= 11 is 3.40. The van der Waals surface area contributed by atoms with Gasteiger partial charge in [-0.3, -0.25) is 0 Å². The number of benzene rings is 1. The maximum Gasteiger partial charge on any atom is 0.213 e. The molecule has 0 aliphatic heterocycles. The number of rotatable bonds is 4. The minimum absolute atomic E-state index is 0.379. The molecule has 1 N–H and O–H groups in total. The van der Waals surface area contributed by atoms with Gasteiger partial charge in [0, 0.05) is 16.1 Å². The summed E-state index contributed by atoms with van der Waals surface area (Å²) in [4.78, 5) is 4.23. The number of halogens is 1. The van der Waals surface area contributed by atoms with E-state index in [1.54, 1.807) is 6.20 Å². The summed E-state index contributed by atoms with van der Waals surface area (Å²) in [5.41, 5.74) is 1.05. The normalized spacial score (nSPS) is 10.8. The van der Waals surface area contributed by atoms with Crippen molar-refractivity contribution in [1.29, 1.82) is 0 Å². The van der Waals surface area contributed by atoms with Crippen molar-refractivity contribution >= 4 is 21.6 Å². The fourth-order valence-electron chi connectivity index (χ4n) is 1.42. The highest BCUT2D eigenvalue weighted by molar-refractivity contribution is 9.10. The minimum atomic E-state index is 0.379. The average Bonchev–Trinajstić information content (AvgIpc) is 2.77. The van der Waals surface area contributed by atoms with Crippen LogP contribution in [0.1, 0.15) is 31.4 Å². The van der Waals surface area contributed by atoms with Crippen LogP contribution in [0.2, 0.25) is 0 Å². The van der Waals surface area contributed by atoms with Crippen LogP contribution in [0.3, 0.4) is 0 Å². The summed E-state index contributed by atoms with van der Waals surface area (Å²) < 4.78 is 6.68. The van der Waals surface area contributed by atoms with Crippen LogP contribution in [-0.2, 0) is 6.54 Å². The van der Waals surface area contributed by atoms with E-state index in [4.69, 9.17) is 4.42 Å². The van der Waals surface area contributed by atoms with Crippen LogP contribution in [0, 0.1) is 0 Å². The molecule has 0 saturated heterocycles. The molecule has 0 saturated carbocycles. The molecule has 0 unspecified atom stereocenters. The maximum absolute atomic E-state index is 5.61. The summed E-state index contributed by atoms with van der Waals surface area (Å²) in [7, 11) is 0. The molecule has 4 heteroatoms. The zero-order valence-corrected chi connectivity index (χ0v) is 11.5. The lowest BCUT2D eigenvalue weighted by Crippen LogP contribution is -1.99. The lowest BCUT2D eigenvalue weighted by atomic mass is 10.2. The predicted molar refractivity (Wildman–Crippen MR) is 72.1 cm³/mol. The van der Waals surface area contributed by atoms with Crippen molar-refractivity contribution in [1.82, 2.24) is 4.98 Å². The molecular weight excluding hydrogens is 280 g/mol. The SMILES string of the molecule is CC(C)c1cnc(CNc2ccc(Br)cc2)o1. The van der Waals surface area contributed by atoms with Crippen LogP contribution in [0.15, 0.2) is 39.4 Å². The third kappa shape index (κ3) is 3.33. The van der Waals surface area contributed by atoms with Crippen LogP contribution in [0.25, 0.3) is 0 Å². The molecule has 90 valence electrons. The summed E-state index contributed by atoms with van der Waals surface area (Å²) in [6, 6.07) is 8.02. The number of aromatic nitrogens is 1. The van der Waals surface area contributed by atoms with Crippen molar-refractivity contribution in [2.45, 2.75) is 26.3 Å². The van der Waals surface area contributed by atoms with Crippen molar-refractivity contribution in [3.8, 4) is 0 Å². The van der Waals surface area contributed by atoms with Crippen molar-refractivity contribution < 1.29 is 4.42 Å². The largest absolute Gasteiger partial charge is 0.444 e. The van der Waals surface area contributed by atoms with Gasteiger partial charge in [0.2, 0.25) is 5.89 Å². The van der Waals surface area contributed by atoms with Crippen LogP contribution in [0.5, 0.6) is 0 Å². The minimum Gasteiger partial charge on any atom is -0.444 e. The summed E-state index contributed by atoms with van der Waals surface area (Å²) in [5, 5.41) is 3.26. The van der Waals surface area contributed by atoms with Gasteiger partial charge in [-0.15, -0.1) is 0 Å². The molecule has 0 spiro atoms. The summed E-state index contributed by atoms with van der Waals surface area (Å²) in [5.74, 6) is 2.03. The van der Waals surface area contributed by atoms with Crippen LogP contribution >= 0.6 is 15.9 Å². The highest BCUT2D eigenvalue weighted by Crippen LogP contribution is 2.17. The van der Waals surface area contributed by atoms with Crippen molar-refractivity contribution in [2.24, 2.45) is 0 Å². The van der Waals surface area contributed by atoms with E-state index >= 15 is 0 Å². The van der Waals surface area contributed by atoms with Crippen LogP contribution in [-0.4, -0.2) is 4.98 Å². The fourth-order valence-corrected chi connectivity index (χ4v) is 1.68. The molecule has 0 amide bonds. The second-order valence-corrected chi connectivity index (χ2v) is 5.09. The van der Waals surface area contributed by atoms with Gasteiger partial charge in [0.05, 0.1) is 12.7 Å². The molecule has 17 heavy (non-hydrogen) atoms. The van der Waals surface area contributed by atoms with E-state index in [9.17, 15) is 0 Å². The van der Waals surface area contributed by atoms with Crippen molar-refractivity contribution in [3.63, 3.8) is 0 Å². The molecule has 0 bridgehead atoms. The fraction of sp³-hybridized carbons (Fsp3) is 0.308. The summed E-state index contributed by atoms with van der Waals surface area (Å²) in [6.45, 7) is 4.78. The highest BCUT2D eigenvalue weighted by Gasteiger charge is 2.06. The van der Waals surface area contributed by atoms with Gasteiger partial charge in [-0.1, -0.05) is 29.8 Å². The lowest BCUT2D eigenvalue weighted by Gasteiger charge is -2.03. The number of anilines is 1. The van der Waals surface area contributed by atoms with Gasteiger partial charge in [0.25, 0.3) is 0 Å². The number of hydrogen-bond acceptors (Lipinski definition) is 3. The first-order valence-corrected chi connectivity index (χ1v) is 6.38. The first kappa shape index (κ1) is 12.2. The topological polar surface area (TPSA) is 38.1 Å². The Balaban J connectivity index is 1.95. The Morgan fingerprint density at radius 1 is 1.29 bits per heavy atom. The molecule has 1 aromatic heterocycles. The number of oxazole rings is 1. The van der Waals surface area contributed by atoms with Gasteiger partial charge in [-0.05, 0) is 24.3 Å². The smallest absolute Gasteiger partial charge is 0.213 e. The Morgan fingerprint density at radius 2 is 2.00 bits per heavy atom.